The predicted molar refractivity (Wildman–Crippen MR) is 44.7 cm³/mol. The standard InChI is InChI=1S/C8H16N2O/c9-8(10)6-11-5-4-7-2-1-3-7/h7H,1-6H2,(H3,9,10). The van der Waals surface area contributed by atoms with Crippen molar-refractivity contribution in [3.8, 4) is 0 Å². The van der Waals surface area contributed by atoms with E-state index in [0.29, 0.717) is 6.61 Å². The van der Waals surface area contributed by atoms with Gasteiger partial charge in [0, 0.05) is 6.61 Å². The maximum Gasteiger partial charge on any atom is 0.117 e. The summed E-state index contributed by atoms with van der Waals surface area (Å²) in [6, 6.07) is 0. The van der Waals surface area contributed by atoms with E-state index < -0.39 is 0 Å². The summed E-state index contributed by atoms with van der Waals surface area (Å²) in [5.41, 5.74) is 5.11. The fourth-order valence-electron chi connectivity index (χ4n) is 1.21. The summed E-state index contributed by atoms with van der Waals surface area (Å²) in [6.07, 6.45) is 5.26. The highest BCUT2D eigenvalue weighted by atomic mass is 16.5. The van der Waals surface area contributed by atoms with Gasteiger partial charge in [-0.05, 0) is 12.3 Å². The minimum atomic E-state index is 0.124. The summed E-state index contributed by atoms with van der Waals surface area (Å²) in [6.45, 7) is 1.07. The molecule has 1 saturated carbocycles. The van der Waals surface area contributed by atoms with Crippen molar-refractivity contribution in [2.24, 2.45) is 11.7 Å². The molecule has 0 aromatic rings. The Kier molecular flexibility index (Phi) is 3.36. The topological polar surface area (TPSA) is 59.1 Å². The van der Waals surface area contributed by atoms with Crippen molar-refractivity contribution in [3.63, 3.8) is 0 Å². The maximum absolute atomic E-state index is 6.89. The van der Waals surface area contributed by atoms with Gasteiger partial charge in [-0.25, -0.2) is 0 Å². The van der Waals surface area contributed by atoms with Crippen molar-refractivity contribution in [1.82, 2.24) is 0 Å². The van der Waals surface area contributed by atoms with E-state index in [0.717, 1.165) is 18.9 Å². The van der Waals surface area contributed by atoms with Gasteiger partial charge in [0.2, 0.25) is 0 Å². The Morgan fingerprint density at radius 3 is 2.73 bits per heavy atom. The molecule has 1 aliphatic rings. The van der Waals surface area contributed by atoms with Crippen molar-refractivity contribution in [2.45, 2.75) is 25.7 Å². The fourth-order valence-corrected chi connectivity index (χ4v) is 1.21. The molecule has 3 heteroatoms. The van der Waals surface area contributed by atoms with Crippen LogP contribution in [0.1, 0.15) is 25.7 Å². The second kappa shape index (κ2) is 4.34. The third-order valence-electron chi connectivity index (χ3n) is 2.15. The van der Waals surface area contributed by atoms with Crippen LogP contribution in [0.3, 0.4) is 0 Å². The molecule has 0 spiro atoms. The van der Waals surface area contributed by atoms with Crippen LogP contribution in [0.5, 0.6) is 0 Å². The molecule has 0 amide bonds. The first-order valence-corrected chi connectivity index (χ1v) is 4.19. The average Bonchev–Trinajstić information content (AvgIpc) is 1.82. The first-order chi connectivity index (χ1) is 5.29. The van der Waals surface area contributed by atoms with E-state index in [1.807, 2.05) is 0 Å². The highest BCUT2D eigenvalue weighted by Gasteiger charge is 2.16. The Labute approximate surface area is 67.4 Å². The van der Waals surface area contributed by atoms with Crippen LogP contribution in [0.15, 0.2) is 0 Å². The number of hydrogen-bond donors (Lipinski definition) is 2. The number of nitrogens with two attached hydrogens (primary N) is 1. The van der Waals surface area contributed by atoms with Crippen molar-refractivity contribution in [3.05, 3.63) is 0 Å². The summed E-state index contributed by atoms with van der Waals surface area (Å²) in [5, 5.41) is 6.89. The molecule has 0 unspecified atom stereocenters. The molecular weight excluding hydrogens is 140 g/mol. The van der Waals surface area contributed by atoms with Crippen molar-refractivity contribution >= 4 is 5.84 Å². The lowest BCUT2D eigenvalue weighted by Crippen LogP contribution is -2.19. The second-order valence-electron chi connectivity index (χ2n) is 3.16. The minimum Gasteiger partial charge on any atom is -0.386 e. The van der Waals surface area contributed by atoms with E-state index in [2.05, 4.69) is 0 Å². The number of ether oxygens (including phenoxy) is 1. The molecule has 0 bridgehead atoms. The zero-order valence-electron chi connectivity index (χ0n) is 6.81. The Morgan fingerprint density at radius 1 is 1.55 bits per heavy atom. The van der Waals surface area contributed by atoms with Crippen molar-refractivity contribution < 1.29 is 4.74 Å². The van der Waals surface area contributed by atoms with Crippen molar-refractivity contribution in [2.75, 3.05) is 13.2 Å². The fraction of sp³-hybridized carbons (Fsp3) is 0.875. The molecule has 1 aliphatic carbocycles. The van der Waals surface area contributed by atoms with Gasteiger partial charge in [-0.1, -0.05) is 19.3 Å². The molecule has 64 valence electrons. The molecule has 1 fully saturated rings. The zero-order valence-corrected chi connectivity index (χ0v) is 6.81. The molecule has 0 aromatic carbocycles. The lowest BCUT2D eigenvalue weighted by Gasteiger charge is -2.24. The SMILES string of the molecule is N=C(N)COCCC1CCC1. The summed E-state index contributed by atoms with van der Waals surface area (Å²) >= 11 is 0. The van der Waals surface area contributed by atoms with Crippen molar-refractivity contribution in [1.29, 1.82) is 5.41 Å². The second-order valence-corrected chi connectivity index (χ2v) is 3.16. The predicted octanol–water partition coefficient (Wildman–Crippen LogP) is 1.13. The minimum absolute atomic E-state index is 0.124. The highest BCUT2D eigenvalue weighted by molar-refractivity contribution is 5.78. The van der Waals surface area contributed by atoms with Crippen LogP contribution in [0.4, 0.5) is 0 Å². The van der Waals surface area contributed by atoms with E-state index in [4.69, 9.17) is 15.9 Å². The lowest BCUT2D eigenvalue weighted by molar-refractivity contribution is 0.134. The smallest absolute Gasteiger partial charge is 0.117 e. The summed E-state index contributed by atoms with van der Waals surface area (Å²) in [5.74, 6) is 1.01. The van der Waals surface area contributed by atoms with Crippen LogP contribution in [-0.2, 0) is 4.74 Å². The number of rotatable bonds is 5. The lowest BCUT2D eigenvalue weighted by atomic mass is 9.83. The van der Waals surface area contributed by atoms with Gasteiger partial charge in [-0.15, -0.1) is 0 Å². The number of nitrogens with one attached hydrogen (secondary N) is 1. The molecule has 0 heterocycles. The monoisotopic (exact) mass is 156 g/mol. The average molecular weight is 156 g/mol. The summed E-state index contributed by atoms with van der Waals surface area (Å²) < 4.78 is 5.15. The molecule has 3 N–H and O–H groups in total. The van der Waals surface area contributed by atoms with Crippen LogP contribution in [0.2, 0.25) is 0 Å². The van der Waals surface area contributed by atoms with Gasteiger partial charge in [0.15, 0.2) is 0 Å². The molecular formula is C8H16N2O. The summed E-state index contributed by atoms with van der Waals surface area (Å²) in [7, 11) is 0. The van der Waals surface area contributed by atoms with Gasteiger partial charge >= 0.3 is 0 Å². The maximum atomic E-state index is 6.89. The number of hydrogen-bond acceptors (Lipinski definition) is 2. The van der Waals surface area contributed by atoms with Crippen LogP contribution in [-0.4, -0.2) is 19.0 Å². The van der Waals surface area contributed by atoms with E-state index in [1.165, 1.54) is 19.3 Å². The number of amidine groups is 1. The normalized spacial score (nSPS) is 17.8. The Hall–Kier alpha value is -0.570. The molecule has 0 aliphatic heterocycles. The third kappa shape index (κ3) is 3.37. The van der Waals surface area contributed by atoms with E-state index >= 15 is 0 Å². The van der Waals surface area contributed by atoms with E-state index in [9.17, 15) is 0 Å². The van der Waals surface area contributed by atoms with Crippen LogP contribution >= 0.6 is 0 Å². The highest BCUT2D eigenvalue weighted by Crippen LogP contribution is 2.28. The Morgan fingerprint density at radius 2 is 2.27 bits per heavy atom. The molecule has 11 heavy (non-hydrogen) atoms. The Bertz CT molecular complexity index is 132. The molecule has 3 nitrogen and oxygen atoms in total. The first-order valence-electron chi connectivity index (χ1n) is 4.19. The van der Waals surface area contributed by atoms with E-state index in [-0.39, 0.29) is 5.84 Å². The van der Waals surface area contributed by atoms with Gasteiger partial charge in [-0.3, -0.25) is 5.41 Å². The first kappa shape index (κ1) is 8.53. The van der Waals surface area contributed by atoms with Gasteiger partial charge in [0.1, 0.15) is 12.4 Å². The van der Waals surface area contributed by atoms with Crippen LogP contribution in [0, 0.1) is 11.3 Å². The summed E-state index contributed by atoms with van der Waals surface area (Å²) in [4.78, 5) is 0. The van der Waals surface area contributed by atoms with Crippen LogP contribution in [0.25, 0.3) is 0 Å². The largest absolute Gasteiger partial charge is 0.386 e. The van der Waals surface area contributed by atoms with Gasteiger partial charge < -0.3 is 10.5 Å². The molecule has 1 rings (SSSR count). The third-order valence-corrected chi connectivity index (χ3v) is 2.15. The molecule has 0 radical (unpaired) electrons. The molecule has 0 aromatic heterocycles. The zero-order chi connectivity index (χ0) is 8.10. The van der Waals surface area contributed by atoms with E-state index in [1.54, 1.807) is 0 Å². The Balaban J connectivity index is 1.83. The van der Waals surface area contributed by atoms with Crippen LogP contribution < -0.4 is 5.73 Å². The quantitative estimate of drug-likeness (QED) is 0.356. The van der Waals surface area contributed by atoms with Gasteiger partial charge in [-0.2, -0.15) is 0 Å². The van der Waals surface area contributed by atoms with Gasteiger partial charge in [0.05, 0.1) is 0 Å². The molecule has 0 atom stereocenters. The van der Waals surface area contributed by atoms with Gasteiger partial charge in [0.25, 0.3) is 0 Å². The molecule has 0 saturated heterocycles.